The van der Waals surface area contributed by atoms with Crippen molar-refractivity contribution in [1.82, 2.24) is 4.98 Å². The van der Waals surface area contributed by atoms with Crippen molar-refractivity contribution < 1.29 is 14.3 Å². The fraction of sp³-hybridized carbons (Fsp3) is 0. The van der Waals surface area contributed by atoms with Gasteiger partial charge in [0.15, 0.2) is 0 Å². The Morgan fingerprint density at radius 3 is 2.95 bits per heavy atom. The lowest BCUT2D eigenvalue weighted by Gasteiger charge is -2.08. The van der Waals surface area contributed by atoms with Gasteiger partial charge in [0, 0.05) is 10.4 Å². The number of pyridine rings is 1. The number of anilines is 2. The van der Waals surface area contributed by atoms with Crippen molar-refractivity contribution >= 4 is 38.9 Å². The highest BCUT2D eigenvalue weighted by atomic mass is 32.1. The summed E-state index contributed by atoms with van der Waals surface area (Å²) >= 11 is 1.63. The van der Waals surface area contributed by atoms with Gasteiger partial charge < -0.3 is 10.4 Å². The highest BCUT2D eigenvalue weighted by Crippen LogP contribution is 2.26. The zero-order chi connectivity index (χ0) is 14.1. The van der Waals surface area contributed by atoms with Crippen LogP contribution >= 0.6 is 11.3 Å². The average Bonchev–Trinajstić information content (AvgIpc) is 2.88. The summed E-state index contributed by atoms with van der Waals surface area (Å²) in [6.07, 6.45) is 0.984. The first-order valence-electron chi connectivity index (χ1n) is 5.76. The number of carboxylic acids is 1. The van der Waals surface area contributed by atoms with E-state index in [1.54, 1.807) is 11.3 Å². The molecule has 0 saturated carbocycles. The minimum atomic E-state index is -1.23. The molecule has 4 nitrogen and oxygen atoms in total. The summed E-state index contributed by atoms with van der Waals surface area (Å²) in [4.78, 5) is 14.9. The predicted octanol–water partition coefficient (Wildman–Crippen LogP) is 3.88. The van der Waals surface area contributed by atoms with E-state index in [0.29, 0.717) is 5.69 Å². The summed E-state index contributed by atoms with van der Waals surface area (Å²) in [5, 5.41) is 15.0. The molecule has 0 bridgehead atoms. The number of halogens is 1. The number of carboxylic acid groups (broad SMARTS) is 1. The predicted molar refractivity (Wildman–Crippen MR) is 76.3 cm³/mol. The first-order valence-corrected chi connectivity index (χ1v) is 6.64. The summed E-state index contributed by atoms with van der Waals surface area (Å²) in [6, 6.07) is 8.58. The van der Waals surface area contributed by atoms with E-state index >= 15 is 0 Å². The number of carbonyl (C=O) groups is 1. The lowest BCUT2D eigenvalue weighted by atomic mass is 10.2. The lowest BCUT2D eigenvalue weighted by Crippen LogP contribution is -2.05. The normalized spacial score (nSPS) is 10.7. The van der Waals surface area contributed by atoms with Crippen LogP contribution in [0.4, 0.5) is 15.9 Å². The monoisotopic (exact) mass is 288 g/mol. The highest BCUT2D eigenvalue weighted by Gasteiger charge is 2.13. The van der Waals surface area contributed by atoms with Gasteiger partial charge in [0.05, 0.1) is 6.20 Å². The van der Waals surface area contributed by atoms with Crippen molar-refractivity contribution in [1.29, 1.82) is 0 Å². The van der Waals surface area contributed by atoms with Gasteiger partial charge in [-0.1, -0.05) is 0 Å². The van der Waals surface area contributed by atoms with Crippen LogP contribution in [0.15, 0.2) is 41.9 Å². The topological polar surface area (TPSA) is 62.2 Å². The summed E-state index contributed by atoms with van der Waals surface area (Å²) < 4.78 is 14.2. The van der Waals surface area contributed by atoms with Crippen LogP contribution in [0.3, 0.4) is 0 Å². The van der Waals surface area contributed by atoms with Gasteiger partial charge in [-0.25, -0.2) is 14.2 Å². The molecule has 0 spiro atoms. The van der Waals surface area contributed by atoms with Crippen molar-refractivity contribution in [2.45, 2.75) is 0 Å². The van der Waals surface area contributed by atoms with Crippen molar-refractivity contribution in [3.05, 3.63) is 53.3 Å². The summed E-state index contributed by atoms with van der Waals surface area (Å²) in [7, 11) is 0. The maximum atomic E-state index is 13.1. The highest BCUT2D eigenvalue weighted by molar-refractivity contribution is 7.17. The Hall–Kier alpha value is -2.47. The first kappa shape index (κ1) is 12.6. The number of rotatable bonds is 3. The number of hydrogen-bond acceptors (Lipinski definition) is 4. The molecular formula is C14H9FN2O2S. The van der Waals surface area contributed by atoms with Crippen molar-refractivity contribution in [3.63, 3.8) is 0 Å². The van der Waals surface area contributed by atoms with E-state index in [4.69, 9.17) is 5.11 Å². The molecule has 0 amide bonds. The molecule has 2 aromatic heterocycles. The van der Waals surface area contributed by atoms with Crippen molar-refractivity contribution in [2.24, 2.45) is 0 Å². The van der Waals surface area contributed by atoms with Gasteiger partial charge in [0.25, 0.3) is 0 Å². The molecule has 1 aromatic carbocycles. The van der Waals surface area contributed by atoms with E-state index in [1.165, 1.54) is 0 Å². The molecule has 0 aliphatic heterocycles. The van der Waals surface area contributed by atoms with Gasteiger partial charge >= 0.3 is 5.97 Å². The zero-order valence-corrected chi connectivity index (χ0v) is 10.9. The standard InChI is InChI=1S/C14H9FN2O2S/c15-9-6-11(14(18)19)13(16-7-9)17-10-1-2-12-8(5-10)3-4-20-12/h1-7H,(H,16,17)(H,18,19). The number of fused-ring (bicyclic) bond motifs is 1. The molecule has 20 heavy (non-hydrogen) atoms. The molecule has 0 atom stereocenters. The Kier molecular flexibility index (Phi) is 3.08. The van der Waals surface area contributed by atoms with Crippen LogP contribution in [0, 0.1) is 5.82 Å². The first-order chi connectivity index (χ1) is 9.63. The van der Waals surface area contributed by atoms with E-state index in [9.17, 15) is 9.18 Å². The number of aromatic carboxylic acids is 1. The van der Waals surface area contributed by atoms with Crippen LogP contribution in [-0.2, 0) is 0 Å². The maximum Gasteiger partial charge on any atom is 0.339 e. The molecule has 0 fully saturated rings. The largest absolute Gasteiger partial charge is 0.478 e. The molecular weight excluding hydrogens is 279 g/mol. The Morgan fingerprint density at radius 2 is 2.15 bits per heavy atom. The molecule has 2 heterocycles. The Balaban J connectivity index is 1.99. The third kappa shape index (κ3) is 2.33. The van der Waals surface area contributed by atoms with Gasteiger partial charge in [-0.05, 0) is 41.1 Å². The molecule has 0 aliphatic carbocycles. The molecule has 100 valence electrons. The third-order valence-electron chi connectivity index (χ3n) is 2.80. The van der Waals surface area contributed by atoms with Gasteiger partial charge in [0.1, 0.15) is 17.2 Å². The zero-order valence-electron chi connectivity index (χ0n) is 10.1. The van der Waals surface area contributed by atoms with E-state index < -0.39 is 11.8 Å². The number of nitrogens with one attached hydrogen (secondary N) is 1. The molecule has 0 unspecified atom stereocenters. The number of benzene rings is 1. The molecule has 2 N–H and O–H groups in total. The second kappa shape index (κ2) is 4.90. The van der Waals surface area contributed by atoms with Crippen LogP contribution in [-0.4, -0.2) is 16.1 Å². The number of nitrogens with zero attached hydrogens (tertiary/aromatic N) is 1. The van der Waals surface area contributed by atoms with Crippen LogP contribution in [0.5, 0.6) is 0 Å². The summed E-state index contributed by atoms with van der Waals surface area (Å²) in [5.74, 6) is -1.79. The second-order valence-electron chi connectivity index (χ2n) is 4.15. The van der Waals surface area contributed by atoms with Gasteiger partial charge in [-0.2, -0.15) is 0 Å². The molecule has 0 aliphatic rings. The number of aromatic nitrogens is 1. The summed E-state index contributed by atoms with van der Waals surface area (Å²) in [6.45, 7) is 0. The Labute approximate surface area is 117 Å². The third-order valence-corrected chi connectivity index (χ3v) is 3.70. The van der Waals surface area contributed by atoms with Crippen LogP contribution in [0.2, 0.25) is 0 Å². The Bertz CT molecular complexity index is 801. The van der Waals surface area contributed by atoms with Crippen LogP contribution in [0.25, 0.3) is 10.1 Å². The van der Waals surface area contributed by atoms with Gasteiger partial charge in [-0.15, -0.1) is 11.3 Å². The van der Waals surface area contributed by atoms with Gasteiger partial charge in [0.2, 0.25) is 0 Å². The number of hydrogen-bond donors (Lipinski definition) is 2. The average molecular weight is 288 g/mol. The van der Waals surface area contributed by atoms with Crippen molar-refractivity contribution in [2.75, 3.05) is 5.32 Å². The minimum absolute atomic E-state index is 0.119. The second-order valence-corrected chi connectivity index (χ2v) is 5.10. The number of thiophene rings is 1. The smallest absolute Gasteiger partial charge is 0.339 e. The molecule has 3 rings (SSSR count). The summed E-state index contributed by atoms with van der Waals surface area (Å²) in [5.41, 5.74) is 0.507. The molecule has 6 heteroatoms. The lowest BCUT2D eigenvalue weighted by molar-refractivity contribution is 0.0697. The fourth-order valence-corrected chi connectivity index (χ4v) is 2.65. The van der Waals surface area contributed by atoms with Crippen LogP contribution < -0.4 is 5.32 Å². The maximum absolute atomic E-state index is 13.1. The van der Waals surface area contributed by atoms with Crippen LogP contribution in [0.1, 0.15) is 10.4 Å². The quantitative estimate of drug-likeness (QED) is 0.767. The minimum Gasteiger partial charge on any atom is -0.478 e. The molecule has 0 saturated heterocycles. The molecule has 0 radical (unpaired) electrons. The van der Waals surface area contributed by atoms with E-state index in [2.05, 4.69) is 10.3 Å². The van der Waals surface area contributed by atoms with Crippen molar-refractivity contribution in [3.8, 4) is 0 Å². The SMILES string of the molecule is O=C(O)c1cc(F)cnc1Nc1ccc2sccc2c1. The molecule has 3 aromatic rings. The fourth-order valence-electron chi connectivity index (χ4n) is 1.88. The van der Waals surface area contributed by atoms with Gasteiger partial charge in [-0.3, -0.25) is 0 Å². The Morgan fingerprint density at radius 1 is 1.30 bits per heavy atom. The van der Waals surface area contributed by atoms with E-state index in [1.807, 2.05) is 29.6 Å². The van der Waals surface area contributed by atoms with E-state index in [-0.39, 0.29) is 11.4 Å². The van der Waals surface area contributed by atoms with E-state index in [0.717, 1.165) is 22.3 Å².